The van der Waals surface area contributed by atoms with E-state index in [4.69, 9.17) is 4.42 Å². The zero-order chi connectivity index (χ0) is 16.1. The molecule has 0 saturated heterocycles. The molecule has 0 aliphatic carbocycles. The van der Waals surface area contributed by atoms with Crippen LogP contribution in [0.3, 0.4) is 0 Å². The van der Waals surface area contributed by atoms with E-state index in [-0.39, 0.29) is 5.69 Å². The summed E-state index contributed by atoms with van der Waals surface area (Å²) in [6.07, 6.45) is 3.17. The van der Waals surface area contributed by atoms with E-state index in [0.717, 1.165) is 0 Å². The first-order chi connectivity index (χ1) is 11.2. The number of hydrazone groups is 1. The molecule has 0 radical (unpaired) electrons. The lowest BCUT2D eigenvalue weighted by Gasteiger charge is -1.97. The SMILES string of the molecule is O=[N+]([O-])c1cccc(-c2ccc(/C=N\Nc3ccccn3)o2)c1. The van der Waals surface area contributed by atoms with E-state index in [1.807, 2.05) is 12.1 Å². The first-order valence-corrected chi connectivity index (χ1v) is 6.77. The van der Waals surface area contributed by atoms with E-state index in [9.17, 15) is 10.1 Å². The molecular weight excluding hydrogens is 296 g/mol. The number of rotatable bonds is 5. The number of anilines is 1. The second kappa shape index (κ2) is 6.52. The van der Waals surface area contributed by atoms with Gasteiger partial charge in [-0.3, -0.25) is 15.5 Å². The number of hydrogen-bond donors (Lipinski definition) is 1. The van der Waals surface area contributed by atoms with Crippen LogP contribution in [-0.4, -0.2) is 16.1 Å². The van der Waals surface area contributed by atoms with Crippen LogP contribution in [-0.2, 0) is 0 Å². The lowest BCUT2D eigenvalue weighted by Crippen LogP contribution is -1.91. The first-order valence-electron chi connectivity index (χ1n) is 6.77. The molecule has 0 bridgehead atoms. The standard InChI is InChI=1S/C16H12N4O3/c21-20(22)13-5-3-4-12(10-13)15-8-7-14(23-15)11-18-19-16-6-1-2-9-17-16/h1-11H,(H,17,19)/b18-11-. The van der Waals surface area contributed by atoms with Crippen LogP contribution in [0.25, 0.3) is 11.3 Å². The topological polar surface area (TPSA) is 93.6 Å². The fraction of sp³-hybridized carbons (Fsp3) is 0. The second-order valence-corrected chi connectivity index (χ2v) is 4.59. The number of pyridine rings is 1. The van der Waals surface area contributed by atoms with Gasteiger partial charge in [-0.05, 0) is 24.3 Å². The Morgan fingerprint density at radius 2 is 2.09 bits per heavy atom. The Morgan fingerprint density at radius 1 is 1.17 bits per heavy atom. The third kappa shape index (κ3) is 3.59. The molecule has 7 nitrogen and oxygen atoms in total. The molecule has 114 valence electrons. The Bertz CT molecular complexity index is 843. The van der Waals surface area contributed by atoms with Gasteiger partial charge in [-0.15, -0.1) is 0 Å². The second-order valence-electron chi connectivity index (χ2n) is 4.59. The highest BCUT2D eigenvalue weighted by Crippen LogP contribution is 2.25. The van der Waals surface area contributed by atoms with Crippen molar-refractivity contribution in [3.05, 3.63) is 76.7 Å². The normalized spacial score (nSPS) is 10.8. The third-order valence-electron chi connectivity index (χ3n) is 3.00. The molecular formula is C16H12N4O3. The number of aromatic nitrogens is 1. The predicted octanol–water partition coefficient (Wildman–Crippen LogP) is 3.70. The fourth-order valence-electron chi connectivity index (χ4n) is 1.94. The van der Waals surface area contributed by atoms with Crippen LogP contribution in [0.5, 0.6) is 0 Å². The van der Waals surface area contributed by atoms with Crippen molar-refractivity contribution in [1.29, 1.82) is 0 Å². The summed E-state index contributed by atoms with van der Waals surface area (Å²) >= 11 is 0. The van der Waals surface area contributed by atoms with Gasteiger partial charge in [-0.2, -0.15) is 5.10 Å². The van der Waals surface area contributed by atoms with E-state index in [1.54, 1.807) is 36.5 Å². The smallest absolute Gasteiger partial charge is 0.270 e. The molecule has 3 rings (SSSR count). The van der Waals surface area contributed by atoms with E-state index in [0.29, 0.717) is 22.9 Å². The first kappa shape index (κ1) is 14.5. The van der Waals surface area contributed by atoms with Gasteiger partial charge in [0.05, 0.1) is 11.1 Å². The van der Waals surface area contributed by atoms with Crippen molar-refractivity contribution in [2.24, 2.45) is 5.10 Å². The van der Waals surface area contributed by atoms with Gasteiger partial charge in [0.15, 0.2) is 0 Å². The van der Waals surface area contributed by atoms with Gasteiger partial charge in [0.1, 0.15) is 17.3 Å². The highest BCUT2D eigenvalue weighted by Gasteiger charge is 2.09. The highest BCUT2D eigenvalue weighted by atomic mass is 16.6. The summed E-state index contributed by atoms with van der Waals surface area (Å²) in [5.41, 5.74) is 3.43. The molecule has 2 aromatic heterocycles. The van der Waals surface area contributed by atoms with E-state index in [1.165, 1.54) is 18.3 Å². The van der Waals surface area contributed by atoms with Gasteiger partial charge in [-0.25, -0.2) is 4.98 Å². The maximum Gasteiger partial charge on any atom is 0.270 e. The number of non-ortho nitro benzene ring substituents is 1. The summed E-state index contributed by atoms with van der Waals surface area (Å²) in [5.74, 6) is 1.68. The molecule has 1 aromatic carbocycles. The largest absolute Gasteiger partial charge is 0.455 e. The van der Waals surface area contributed by atoms with E-state index >= 15 is 0 Å². The Labute approximate surface area is 131 Å². The summed E-state index contributed by atoms with van der Waals surface area (Å²) < 4.78 is 5.61. The monoisotopic (exact) mass is 308 g/mol. The minimum atomic E-state index is -0.439. The Morgan fingerprint density at radius 3 is 2.87 bits per heavy atom. The van der Waals surface area contributed by atoms with Crippen molar-refractivity contribution in [2.75, 3.05) is 5.43 Å². The van der Waals surface area contributed by atoms with Crippen molar-refractivity contribution in [3.63, 3.8) is 0 Å². The van der Waals surface area contributed by atoms with Crippen molar-refractivity contribution in [1.82, 2.24) is 4.98 Å². The van der Waals surface area contributed by atoms with Crippen molar-refractivity contribution >= 4 is 17.7 Å². The summed E-state index contributed by atoms with van der Waals surface area (Å²) in [4.78, 5) is 14.4. The molecule has 0 amide bonds. The van der Waals surface area contributed by atoms with Crippen LogP contribution >= 0.6 is 0 Å². The van der Waals surface area contributed by atoms with E-state index in [2.05, 4.69) is 15.5 Å². The van der Waals surface area contributed by atoms with Gasteiger partial charge in [-0.1, -0.05) is 18.2 Å². The van der Waals surface area contributed by atoms with Crippen LogP contribution in [0.2, 0.25) is 0 Å². The molecule has 0 spiro atoms. The van der Waals surface area contributed by atoms with Crippen LogP contribution in [0, 0.1) is 10.1 Å². The maximum atomic E-state index is 10.8. The van der Waals surface area contributed by atoms with Gasteiger partial charge < -0.3 is 4.42 Å². The third-order valence-corrected chi connectivity index (χ3v) is 3.00. The molecule has 0 saturated carbocycles. The van der Waals surface area contributed by atoms with Crippen LogP contribution in [0.15, 0.2) is 70.3 Å². The number of benzene rings is 1. The lowest BCUT2D eigenvalue weighted by molar-refractivity contribution is -0.384. The average molecular weight is 308 g/mol. The van der Waals surface area contributed by atoms with E-state index < -0.39 is 4.92 Å². The van der Waals surface area contributed by atoms with Crippen molar-refractivity contribution in [3.8, 4) is 11.3 Å². The quantitative estimate of drug-likeness (QED) is 0.440. The summed E-state index contributed by atoms with van der Waals surface area (Å²) in [6.45, 7) is 0. The summed E-state index contributed by atoms with van der Waals surface area (Å²) in [5, 5.41) is 14.8. The zero-order valence-electron chi connectivity index (χ0n) is 11.9. The molecule has 7 heteroatoms. The van der Waals surface area contributed by atoms with Gasteiger partial charge in [0.2, 0.25) is 0 Å². The number of nitrogens with zero attached hydrogens (tertiary/aromatic N) is 3. The maximum absolute atomic E-state index is 10.8. The molecule has 3 aromatic rings. The predicted molar refractivity (Wildman–Crippen MR) is 86.3 cm³/mol. The molecule has 1 N–H and O–H groups in total. The number of hydrogen-bond acceptors (Lipinski definition) is 6. The van der Waals surface area contributed by atoms with Gasteiger partial charge >= 0.3 is 0 Å². The van der Waals surface area contributed by atoms with Crippen molar-refractivity contribution < 1.29 is 9.34 Å². The molecule has 23 heavy (non-hydrogen) atoms. The number of nitrogens with one attached hydrogen (secondary N) is 1. The average Bonchev–Trinajstić information content (AvgIpc) is 3.05. The number of nitro benzene ring substituents is 1. The molecule has 0 unspecified atom stereocenters. The fourth-order valence-corrected chi connectivity index (χ4v) is 1.94. The minimum Gasteiger partial charge on any atom is -0.455 e. The number of nitro groups is 1. The lowest BCUT2D eigenvalue weighted by atomic mass is 10.1. The molecule has 2 heterocycles. The summed E-state index contributed by atoms with van der Waals surface area (Å²) in [6, 6.07) is 15.2. The van der Waals surface area contributed by atoms with Crippen LogP contribution in [0.4, 0.5) is 11.5 Å². The summed E-state index contributed by atoms with van der Waals surface area (Å²) in [7, 11) is 0. The molecule has 0 atom stereocenters. The number of furan rings is 1. The van der Waals surface area contributed by atoms with Crippen molar-refractivity contribution in [2.45, 2.75) is 0 Å². The highest BCUT2D eigenvalue weighted by molar-refractivity contribution is 5.78. The van der Waals surface area contributed by atoms with Crippen LogP contribution < -0.4 is 5.43 Å². The Hall–Kier alpha value is -3.48. The Kier molecular flexibility index (Phi) is 4.10. The Balaban J connectivity index is 1.73. The van der Waals surface area contributed by atoms with Gasteiger partial charge in [0, 0.05) is 23.9 Å². The zero-order valence-corrected chi connectivity index (χ0v) is 11.9. The molecule has 0 fully saturated rings. The molecule has 0 aliphatic rings. The molecule has 0 aliphatic heterocycles. The minimum absolute atomic E-state index is 0.0194. The van der Waals surface area contributed by atoms with Crippen LogP contribution in [0.1, 0.15) is 5.76 Å². The van der Waals surface area contributed by atoms with Gasteiger partial charge in [0.25, 0.3) is 5.69 Å².